The molecule has 1 amide bonds. The number of nitrogens with two attached hydrogens (primary N) is 2. The first-order chi connectivity index (χ1) is 8.53. The minimum atomic E-state index is -0.717. The van der Waals surface area contributed by atoms with Gasteiger partial charge in [-0.3, -0.25) is 4.79 Å². The number of amides is 1. The lowest BCUT2D eigenvalue weighted by molar-refractivity contribution is -0.124. The molecule has 0 spiro atoms. The van der Waals surface area contributed by atoms with E-state index in [-0.39, 0.29) is 6.54 Å². The zero-order valence-corrected chi connectivity index (χ0v) is 11.2. The van der Waals surface area contributed by atoms with Crippen molar-refractivity contribution < 1.29 is 14.3 Å². The summed E-state index contributed by atoms with van der Waals surface area (Å²) < 4.78 is 10.8. The van der Waals surface area contributed by atoms with Crippen LogP contribution in [0.2, 0.25) is 5.02 Å². The van der Waals surface area contributed by atoms with E-state index in [1.54, 1.807) is 19.1 Å². The van der Waals surface area contributed by atoms with Crippen molar-refractivity contribution in [1.29, 1.82) is 0 Å². The summed E-state index contributed by atoms with van der Waals surface area (Å²) in [4.78, 5) is 11.2. The Balaban J connectivity index is 3.16. The Kier molecular flexibility index (Phi) is 5.25. The minimum Gasteiger partial charge on any atom is -0.493 e. The van der Waals surface area contributed by atoms with Gasteiger partial charge in [0.05, 0.1) is 7.11 Å². The molecule has 0 saturated carbocycles. The molecule has 100 valence electrons. The molecule has 0 aromatic heterocycles. The van der Waals surface area contributed by atoms with Gasteiger partial charge in [0, 0.05) is 23.2 Å². The fourth-order valence-corrected chi connectivity index (χ4v) is 1.78. The topological polar surface area (TPSA) is 87.6 Å². The first-order valence-corrected chi connectivity index (χ1v) is 5.93. The molecule has 1 aromatic carbocycles. The lowest BCUT2D eigenvalue weighted by atomic mass is 10.1. The Hall–Kier alpha value is -1.46. The zero-order chi connectivity index (χ0) is 13.7. The summed E-state index contributed by atoms with van der Waals surface area (Å²) >= 11 is 5.93. The van der Waals surface area contributed by atoms with Crippen LogP contribution in [-0.2, 0) is 11.3 Å². The van der Waals surface area contributed by atoms with Crippen LogP contribution in [0.25, 0.3) is 0 Å². The summed E-state index contributed by atoms with van der Waals surface area (Å²) in [5, 5.41) is 0.492. The molecular formula is C12H17ClN2O3. The average Bonchev–Trinajstić information content (AvgIpc) is 2.35. The number of ether oxygens (including phenoxy) is 2. The first-order valence-electron chi connectivity index (χ1n) is 5.55. The third kappa shape index (κ3) is 3.27. The SMILES string of the molecule is CCC(Oc1c(CN)cc(Cl)cc1OC)C(N)=O. The molecule has 1 rings (SSSR count). The standard InChI is InChI=1S/C12H17ClN2O3/c1-3-9(12(15)16)18-11-7(6-14)4-8(13)5-10(11)17-2/h4-5,9H,3,6,14H2,1-2H3,(H2,15,16). The molecule has 0 aliphatic carbocycles. The van der Waals surface area contributed by atoms with Gasteiger partial charge in [0.1, 0.15) is 0 Å². The Bertz CT molecular complexity index is 412. The van der Waals surface area contributed by atoms with Gasteiger partial charge in [-0.2, -0.15) is 0 Å². The molecule has 5 nitrogen and oxygen atoms in total. The summed E-state index contributed by atoms with van der Waals surface area (Å²) in [6.45, 7) is 2.03. The molecule has 1 unspecified atom stereocenters. The zero-order valence-electron chi connectivity index (χ0n) is 10.4. The second kappa shape index (κ2) is 6.47. The molecule has 0 bridgehead atoms. The normalized spacial score (nSPS) is 12.0. The van der Waals surface area contributed by atoms with Gasteiger partial charge in [0.25, 0.3) is 5.91 Å². The summed E-state index contributed by atoms with van der Waals surface area (Å²) in [7, 11) is 1.49. The van der Waals surface area contributed by atoms with Crippen molar-refractivity contribution in [3.05, 3.63) is 22.7 Å². The van der Waals surface area contributed by atoms with E-state index in [2.05, 4.69) is 0 Å². The van der Waals surface area contributed by atoms with E-state index in [0.29, 0.717) is 28.5 Å². The van der Waals surface area contributed by atoms with E-state index >= 15 is 0 Å². The van der Waals surface area contributed by atoms with Crippen LogP contribution in [0.3, 0.4) is 0 Å². The predicted octanol–water partition coefficient (Wildman–Crippen LogP) is 1.45. The highest BCUT2D eigenvalue weighted by Gasteiger charge is 2.20. The van der Waals surface area contributed by atoms with Gasteiger partial charge in [-0.05, 0) is 12.5 Å². The fourth-order valence-electron chi connectivity index (χ4n) is 1.54. The van der Waals surface area contributed by atoms with E-state index in [4.69, 9.17) is 32.5 Å². The summed E-state index contributed by atoms with van der Waals surface area (Å²) in [6, 6.07) is 3.27. The Morgan fingerprint density at radius 2 is 2.17 bits per heavy atom. The van der Waals surface area contributed by atoms with Gasteiger partial charge >= 0.3 is 0 Å². The van der Waals surface area contributed by atoms with Crippen molar-refractivity contribution in [3.63, 3.8) is 0 Å². The Morgan fingerprint density at radius 1 is 1.50 bits per heavy atom. The number of hydrogen-bond acceptors (Lipinski definition) is 4. The number of primary amides is 1. The molecule has 0 aliphatic heterocycles. The molecule has 1 aromatic rings. The average molecular weight is 273 g/mol. The molecule has 0 saturated heterocycles. The third-order valence-electron chi connectivity index (χ3n) is 2.48. The van der Waals surface area contributed by atoms with Crippen LogP contribution in [-0.4, -0.2) is 19.1 Å². The third-order valence-corrected chi connectivity index (χ3v) is 2.70. The summed E-state index contributed by atoms with van der Waals surface area (Å²) in [5.41, 5.74) is 11.5. The van der Waals surface area contributed by atoms with Crippen LogP contribution in [0.1, 0.15) is 18.9 Å². The molecule has 1 atom stereocenters. The van der Waals surface area contributed by atoms with Crippen molar-refractivity contribution in [2.24, 2.45) is 11.5 Å². The fraction of sp³-hybridized carbons (Fsp3) is 0.417. The molecule has 0 fully saturated rings. The maximum Gasteiger partial charge on any atom is 0.258 e. The Morgan fingerprint density at radius 3 is 2.61 bits per heavy atom. The molecule has 0 heterocycles. The molecule has 4 N–H and O–H groups in total. The number of rotatable bonds is 6. The van der Waals surface area contributed by atoms with Crippen molar-refractivity contribution in [3.8, 4) is 11.5 Å². The first kappa shape index (κ1) is 14.6. The summed E-state index contributed by atoms with van der Waals surface area (Å²) in [5.74, 6) is 0.315. The number of methoxy groups -OCH3 is 1. The van der Waals surface area contributed by atoms with Crippen molar-refractivity contribution >= 4 is 17.5 Å². The highest BCUT2D eigenvalue weighted by Crippen LogP contribution is 2.35. The highest BCUT2D eigenvalue weighted by molar-refractivity contribution is 6.30. The van der Waals surface area contributed by atoms with E-state index in [0.717, 1.165) is 0 Å². The van der Waals surface area contributed by atoms with Crippen molar-refractivity contribution in [1.82, 2.24) is 0 Å². The van der Waals surface area contributed by atoms with E-state index in [1.165, 1.54) is 7.11 Å². The largest absolute Gasteiger partial charge is 0.493 e. The van der Waals surface area contributed by atoms with Gasteiger partial charge in [0.15, 0.2) is 17.6 Å². The monoisotopic (exact) mass is 272 g/mol. The lowest BCUT2D eigenvalue weighted by Gasteiger charge is -2.19. The van der Waals surface area contributed by atoms with Crippen LogP contribution < -0.4 is 20.9 Å². The molecule has 0 aliphatic rings. The van der Waals surface area contributed by atoms with Gasteiger partial charge in [-0.15, -0.1) is 0 Å². The molecule has 18 heavy (non-hydrogen) atoms. The quantitative estimate of drug-likeness (QED) is 0.820. The number of hydrogen-bond donors (Lipinski definition) is 2. The summed E-state index contributed by atoms with van der Waals surface area (Å²) in [6.07, 6.45) is -0.254. The minimum absolute atomic E-state index is 0.224. The van der Waals surface area contributed by atoms with Crippen LogP contribution in [0, 0.1) is 0 Å². The molecule has 0 radical (unpaired) electrons. The van der Waals surface area contributed by atoms with Crippen molar-refractivity contribution in [2.75, 3.05) is 7.11 Å². The number of halogens is 1. The van der Waals surface area contributed by atoms with Crippen molar-refractivity contribution in [2.45, 2.75) is 26.0 Å². The van der Waals surface area contributed by atoms with Crippen LogP contribution >= 0.6 is 11.6 Å². The predicted molar refractivity (Wildman–Crippen MR) is 69.8 cm³/mol. The lowest BCUT2D eigenvalue weighted by Crippen LogP contribution is -2.33. The molecule has 6 heteroatoms. The van der Waals surface area contributed by atoms with Gasteiger partial charge < -0.3 is 20.9 Å². The Labute approximate surface area is 111 Å². The maximum absolute atomic E-state index is 11.2. The van der Waals surface area contributed by atoms with Crippen LogP contribution in [0.15, 0.2) is 12.1 Å². The maximum atomic E-state index is 11.2. The van der Waals surface area contributed by atoms with E-state index < -0.39 is 12.0 Å². The highest BCUT2D eigenvalue weighted by atomic mass is 35.5. The molecular weight excluding hydrogens is 256 g/mol. The number of benzene rings is 1. The number of carbonyl (C=O) groups is 1. The van der Waals surface area contributed by atoms with E-state index in [1.807, 2.05) is 0 Å². The second-order valence-electron chi connectivity index (χ2n) is 3.72. The van der Waals surface area contributed by atoms with Crippen LogP contribution in [0.5, 0.6) is 11.5 Å². The van der Waals surface area contributed by atoms with Crippen LogP contribution in [0.4, 0.5) is 0 Å². The van der Waals surface area contributed by atoms with Gasteiger partial charge in [-0.25, -0.2) is 0 Å². The number of carbonyl (C=O) groups excluding carboxylic acids is 1. The van der Waals surface area contributed by atoms with E-state index in [9.17, 15) is 4.79 Å². The van der Waals surface area contributed by atoms with Gasteiger partial charge in [-0.1, -0.05) is 18.5 Å². The van der Waals surface area contributed by atoms with Gasteiger partial charge in [0.2, 0.25) is 0 Å². The second-order valence-corrected chi connectivity index (χ2v) is 4.15. The smallest absolute Gasteiger partial charge is 0.258 e.